The van der Waals surface area contributed by atoms with Gasteiger partial charge in [-0.3, -0.25) is 5.43 Å². The van der Waals surface area contributed by atoms with Gasteiger partial charge in [-0.2, -0.15) is 5.10 Å². The summed E-state index contributed by atoms with van der Waals surface area (Å²) in [5.74, 6) is 0.950. The molecule has 0 unspecified atom stereocenters. The Balaban J connectivity index is 1.89. The van der Waals surface area contributed by atoms with Gasteiger partial charge in [-0.25, -0.2) is 4.39 Å². The smallest absolute Gasteiger partial charge is 0.187 e. The number of nitrogens with one attached hydrogen (secondary N) is 2. The van der Waals surface area contributed by atoms with Gasteiger partial charge in [-0.1, -0.05) is 18.2 Å². The van der Waals surface area contributed by atoms with Crippen molar-refractivity contribution in [2.45, 2.75) is 6.54 Å². The first-order valence-electron chi connectivity index (χ1n) is 7.16. The third kappa shape index (κ3) is 4.92. The van der Waals surface area contributed by atoms with Crippen molar-refractivity contribution < 1.29 is 13.9 Å². The summed E-state index contributed by atoms with van der Waals surface area (Å²) in [5.41, 5.74) is 4.39. The van der Waals surface area contributed by atoms with Gasteiger partial charge in [0.25, 0.3) is 0 Å². The van der Waals surface area contributed by atoms with Gasteiger partial charge >= 0.3 is 0 Å². The predicted molar refractivity (Wildman–Crippen MR) is 96.1 cm³/mol. The van der Waals surface area contributed by atoms with Gasteiger partial charge in [0, 0.05) is 12.1 Å². The molecule has 2 aromatic rings. The van der Waals surface area contributed by atoms with Crippen molar-refractivity contribution in [3.05, 3.63) is 59.4 Å². The van der Waals surface area contributed by atoms with Gasteiger partial charge < -0.3 is 14.8 Å². The zero-order valence-corrected chi connectivity index (χ0v) is 14.2. The largest absolute Gasteiger partial charge is 0.493 e. The number of halogens is 1. The van der Waals surface area contributed by atoms with E-state index in [2.05, 4.69) is 15.8 Å². The van der Waals surface area contributed by atoms with E-state index in [0.29, 0.717) is 23.2 Å². The Kier molecular flexibility index (Phi) is 6.51. The molecule has 126 valence electrons. The number of hydrazone groups is 1. The van der Waals surface area contributed by atoms with Crippen LogP contribution < -0.4 is 20.2 Å². The lowest BCUT2D eigenvalue weighted by Gasteiger charge is -2.10. The molecule has 7 heteroatoms. The first-order valence-corrected chi connectivity index (χ1v) is 7.57. The molecule has 0 spiro atoms. The van der Waals surface area contributed by atoms with Gasteiger partial charge in [0.05, 0.1) is 20.4 Å². The molecule has 2 aromatic carbocycles. The minimum absolute atomic E-state index is 0.267. The van der Waals surface area contributed by atoms with E-state index >= 15 is 0 Å². The van der Waals surface area contributed by atoms with E-state index in [4.69, 9.17) is 21.7 Å². The van der Waals surface area contributed by atoms with E-state index in [9.17, 15) is 4.39 Å². The number of hydrogen-bond donors (Lipinski definition) is 2. The van der Waals surface area contributed by atoms with Crippen LogP contribution in [0.2, 0.25) is 0 Å². The fourth-order valence-corrected chi connectivity index (χ4v) is 2.12. The minimum Gasteiger partial charge on any atom is -0.493 e. The maximum Gasteiger partial charge on any atom is 0.187 e. The predicted octanol–water partition coefficient (Wildman–Crippen LogP) is 2.84. The van der Waals surface area contributed by atoms with Gasteiger partial charge in [0.15, 0.2) is 16.6 Å². The number of methoxy groups -OCH3 is 2. The van der Waals surface area contributed by atoms with Crippen LogP contribution in [0.3, 0.4) is 0 Å². The molecule has 2 N–H and O–H groups in total. The lowest BCUT2D eigenvalue weighted by Crippen LogP contribution is -2.31. The van der Waals surface area contributed by atoms with Crippen LogP contribution >= 0.6 is 12.2 Å². The van der Waals surface area contributed by atoms with E-state index in [-0.39, 0.29) is 5.82 Å². The van der Waals surface area contributed by atoms with Crippen molar-refractivity contribution >= 4 is 23.5 Å². The molecule has 0 heterocycles. The SMILES string of the molecule is COc1cccc(/C=N\NC(=S)NCc2ccc(F)cc2)c1OC. The molecule has 5 nitrogen and oxygen atoms in total. The van der Waals surface area contributed by atoms with Crippen molar-refractivity contribution in [2.24, 2.45) is 5.10 Å². The van der Waals surface area contributed by atoms with E-state index in [1.165, 1.54) is 12.1 Å². The summed E-state index contributed by atoms with van der Waals surface area (Å²) < 4.78 is 23.4. The minimum atomic E-state index is -0.267. The topological polar surface area (TPSA) is 54.9 Å². The molecule has 0 amide bonds. The Labute approximate surface area is 145 Å². The molecule has 0 atom stereocenters. The molecule has 0 radical (unpaired) electrons. The third-order valence-corrected chi connectivity index (χ3v) is 3.41. The Bertz CT molecular complexity index is 720. The lowest BCUT2D eigenvalue weighted by atomic mass is 10.2. The summed E-state index contributed by atoms with van der Waals surface area (Å²) in [7, 11) is 3.14. The molecular weight excluding hydrogens is 329 g/mol. The number of thiocarbonyl (C=S) groups is 1. The molecule has 0 aliphatic heterocycles. The summed E-state index contributed by atoms with van der Waals surface area (Å²) in [6, 6.07) is 11.7. The summed E-state index contributed by atoms with van der Waals surface area (Å²) >= 11 is 5.14. The van der Waals surface area contributed by atoms with E-state index in [1.54, 1.807) is 38.6 Å². The molecule has 0 aliphatic carbocycles. The zero-order chi connectivity index (χ0) is 17.4. The average molecular weight is 347 g/mol. The normalized spacial score (nSPS) is 10.5. The van der Waals surface area contributed by atoms with Crippen LogP contribution in [0.1, 0.15) is 11.1 Å². The first kappa shape index (κ1) is 17.7. The monoisotopic (exact) mass is 347 g/mol. The summed E-state index contributed by atoms with van der Waals surface area (Å²) in [6.07, 6.45) is 1.59. The molecule has 0 aliphatic rings. The molecule has 0 bridgehead atoms. The maximum atomic E-state index is 12.8. The summed E-state index contributed by atoms with van der Waals surface area (Å²) in [4.78, 5) is 0. The van der Waals surface area contributed by atoms with Crippen LogP contribution in [-0.2, 0) is 6.54 Å². The highest BCUT2D eigenvalue weighted by atomic mass is 32.1. The van der Waals surface area contributed by atoms with E-state index in [0.717, 1.165) is 11.1 Å². The van der Waals surface area contributed by atoms with Gasteiger partial charge in [-0.15, -0.1) is 0 Å². The van der Waals surface area contributed by atoms with Crippen LogP contribution in [0.5, 0.6) is 11.5 Å². The average Bonchev–Trinajstić information content (AvgIpc) is 2.61. The van der Waals surface area contributed by atoms with Crippen LogP contribution in [0, 0.1) is 5.82 Å². The summed E-state index contributed by atoms with van der Waals surface area (Å²) in [5, 5.41) is 7.42. The van der Waals surface area contributed by atoms with Crippen molar-refractivity contribution in [3.63, 3.8) is 0 Å². The highest BCUT2D eigenvalue weighted by Gasteiger charge is 2.07. The highest BCUT2D eigenvalue weighted by molar-refractivity contribution is 7.80. The number of para-hydroxylation sites is 1. The second-order valence-corrected chi connectivity index (χ2v) is 5.17. The second-order valence-electron chi connectivity index (χ2n) is 4.76. The van der Waals surface area contributed by atoms with Crippen LogP contribution in [0.4, 0.5) is 4.39 Å². The lowest BCUT2D eigenvalue weighted by molar-refractivity contribution is 0.354. The molecule has 0 aromatic heterocycles. The van der Waals surface area contributed by atoms with Crippen molar-refractivity contribution in [3.8, 4) is 11.5 Å². The number of nitrogens with zero attached hydrogens (tertiary/aromatic N) is 1. The highest BCUT2D eigenvalue weighted by Crippen LogP contribution is 2.29. The third-order valence-electron chi connectivity index (χ3n) is 3.17. The molecule has 0 saturated carbocycles. The number of rotatable bonds is 6. The standard InChI is InChI=1S/C17H18FN3O2S/c1-22-15-5-3-4-13(16(15)23-2)11-20-21-17(24)19-10-12-6-8-14(18)9-7-12/h3-9,11H,10H2,1-2H3,(H2,19,21,24)/b20-11-. The van der Waals surface area contributed by atoms with Crippen molar-refractivity contribution in [2.75, 3.05) is 14.2 Å². The molecule has 24 heavy (non-hydrogen) atoms. The van der Waals surface area contributed by atoms with E-state index < -0.39 is 0 Å². The molecule has 2 rings (SSSR count). The van der Waals surface area contributed by atoms with Gasteiger partial charge in [-0.05, 0) is 42.0 Å². The van der Waals surface area contributed by atoms with Crippen LogP contribution in [0.15, 0.2) is 47.6 Å². The zero-order valence-electron chi connectivity index (χ0n) is 13.4. The van der Waals surface area contributed by atoms with Crippen molar-refractivity contribution in [1.82, 2.24) is 10.7 Å². The Morgan fingerprint density at radius 1 is 1.17 bits per heavy atom. The first-order chi connectivity index (χ1) is 11.6. The van der Waals surface area contributed by atoms with Crippen LogP contribution in [-0.4, -0.2) is 25.5 Å². The van der Waals surface area contributed by atoms with Crippen molar-refractivity contribution in [1.29, 1.82) is 0 Å². The number of ether oxygens (including phenoxy) is 2. The number of hydrogen-bond acceptors (Lipinski definition) is 4. The summed E-state index contributed by atoms with van der Waals surface area (Å²) in [6.45, 7) is 0.476. The Hall–Kier alpha value is -2.67. The fraction of sp³-hybridized carbons (Fsp3) is 0.176. The van der Waals surface area contributed by atoms with Crippen LogP contribution in [0.25, 0.3) is 0 Å². The van der Waals surface area contributed by atoms with E-state index in [1.807, 2.05) is 12.1 Å². The maximum absolute atomic E-state index is 12.8. The second kappa shape index (κ2) is 8.83. The molecule has 0 fully saturated rings. The fourth-order valence-electron chi connectivity index (χ4n) is 2.00. The molecular formula is C17H18FN3O2S. The quantitative estimate of drug-likeness (QED) is 0.478. The van der Waals surface area contributed by atoms with Gasteiger partial charge in [0.1, 0.15) is 5.82 Å². The Morgan fingerprint density at radius 2 is 1.92 bits per heavy atom. The molecule has 0 saturated heterocycles. The number of benzene rings is 2. The van der Waals surface area contributed by atoms with Gasteiger partial charge in [0.2, 0.25) is 0 Å². The Morgan fingerprint density at radius 3 is 2.58 bits per heavy atom.